The highest BCUT2D eigenvalue weighted by atomic mass is 16.7. The quantitative estimate of drug-likeness (QED) is 0.730. The summed E-state index contributed by atoms with van der Waals surface area (Å²) in [5, 5.41) is 9.80. The largest absolute Gasteiger partial charge is 0.507 e. The molecule has 24 heavy (non-hydrogen) atoms. The van der Waals surface area contributed by atoms with Crippen molar-refractivity contribution in [3.8, 4) is 23.0 Å². The van der Waals surface area contributed by atoms with Gasteiger partial charge in [-0.25, -0.2) is 0 Å². The van der Waals surface area contributed by atoms with E-state index >= 15 is 0 Å². The van der Waals surface area contributed by atoms with Gasteiger partial charge in [0.05, 0.1) is 12.7 Å². The van der Waals surface area contributed by atoms with E-state index in [9.17, 15) is 14.7 Å². The molecule has 1 heterocycles. The van der Waals surface area contributed by atoms with E-state index in [1.54, 1.807) is 12.1 Å². The molecule has 0 radical (unpaired) electrons. The minimum atomic E-state index is -0.663. The fourth-order valence-corrected chi connectivity index (χ4v) is 2.12. The third kappa shape index (κ3) is 3.02. The van der Waals surface area contributed by atoms with E-state index in [-0.39, 0.29) is 18.1 Å². The summed E-state index contributed by atoms with van der Waals surface area (Å²) in [7, 11) is 1.44. The summed E-state index contributed by atoms with van der Waals surface area (Å²) in [5.74, 6) is -0.0305. The van der Waals surface area contributed by atoms with Crippen molar-refractivity contribution in [3.05, 3.63) is 47.5 Å². The third-order valence-electron chi connectivity index (χ3n) is 3.37. The van der Waals surface area contributed by atoms with Gasteiger partial charge in [-0.15, -0.1) is 0 Å². The number of nitrogens with one attached hydrogen (secondary N) is 2. The molecule has 3 rings (SSSR count). The Morgan fingerprint density at radius 2 is 1.79 bits per heavy atom. The van der Waals surface area contributed by atoms with Crippen molar-refractivity contribution in [2.24, 2.45) is 0 Å². The molecule has 124 valence electrons. The molecule has 2 aromatic carbocycles. The number of aromatic hydroxyl groups is 1. The summed E-state index contributed by atoms with van der Waals surface area (Å²) in [6, 6.07) is 8.86. The van der Waals surface area contributed by atoms with Gasteiger partial charge in [-0.05, 0) is 30.3 Å². The van der Waals surface area contributed by atoms with Crippen molar-refractivity contribution in [2.45, 2.75) is 0 Å². The van der Waals surface area contributed by atoms with Gasteiger partial charge in [-0.1, -0.05) is 0 Å². The molecular formula is C16H14N2O6. The van der Waals surface area contributed by atoms with Crippen LogP contribution in [-0.4, -0.2) is 30.8 Å². The number of hydrogen-bond acceptors (Lipinski definition) is 6. The fourth-order valence-electron chi connectivity index (χ4n) is 2.12. The van der Waals surface area contributed by atoms with E-state index in [4.69, 9.17) is 14.2 Å². The maximum absolute atomic E-state index is 12.1. The van der Waals surface area contributed by atoms with Crippen LogP contribution in [0.4, 0.5) is 0 Å². The van der Waals surface area contributed by atoms with Crippen molar-refractivity contribution < 1.29 is 28.9 Å². The first-order valence-corrected chi connectivity index (χ1v) is 6.96. The van der Waals surface area contributed by atoms with Crippen LogP contribution in [0.5, 0.6) is 23.0 Å². The van der Waals surface area contributed by atoms with Crippen molar-refractivity contribution >= 4 is 11.8 Å². The Morgan fingerprint density at radius 3 is 2.54 bits per heavy atom. The Bertz CT molecular complexity index is 805. The second-order valence-corrected chi connectivity index (χ2v) is 4.86. The molecule has 0 saturated carbocycles. The molecule has 0 aliphatic carbocycles. The van der Waals surface area contributed by atoms with Crippen LogP contribution in [0.3, 0.4) is 0 Å². The fraction of sp³-hybridized carbons (Fsp3) is 0.125. The van der Waals surface area contributed by atoms with Crippen LogP contribution in [0.15, 0.2) is 36.4 Å². The predicted molar refractivity (Wildman–Crippen MR) is 82.2 cm³/mol. The molecule has 8 heteroatoms. The molecule has 0 bridgehead atoms. The highest BCUT2D eigenvalue weighted by Crippen LogP contribution is 2.32. The highest BCUT2D eigenvalue weighted by Gasteiger charge is 2.17. The number of hydrazine groups is 1. The molecule has 0 saturated heterocycles. The maximum Gasteiger partial charge on any atom is 0.273 e. The summed E-state index contributed by atoms with van der Waals surface area (Å²) < 4.78 is 15.3. The third-order valence-corrected chi connectivity index (χ3v) is 3.37. The van der Waals surface area contributed by atoms with Gasteiger partial charge in [-0.2, -0.15) is 0 Å². The number of rotatable bonds is 3. The molecule has 8 nitrogen and oxygen atoms in total. The number of benzene rings is 2. The van der Waals surface area contributed by atoms with Gasteiger partial charge in [-0.3, -0.25) is 20.4 Å². The molecule has 2 amide bonds. The van der Waals surface area contributed by atoms with E-state index in [0.717, 1.165) is 0 Å². The van der Waals surface area contributed by atoms with E-state index in [2.05, 4.69) is 10.9 Å². The zero-order chi connectivity index (χ0) is 17.1. The SMILES string of the molecule is COc1ccc(C(=O)NNC(=O)c2ccc3c(c2)OCO3)c(O)c1. The number of ether oxygens (including phenoxy) is 3. The molecule has 1 aliphatic heterocycles. The first kappa shape index (κ1) is 15.5. The first-order chi connectivity index (χ1) is 11.6. The normalized spacial score (nSPS) is 11.7. The molecule has 0 aromatic heterocycles. The van der Waals surface area contributed by atoms with Crippen LogP contribution < -0.4 is 25.1 Å². The summed E-state index contributed by atoms with van der Waals surface area (Å²) >= 11 is 0. The number of carbonyl (C=O) groups is 2. The Kier molecular flexibility index (Phi) is 4.11. The van der Waals surface area contributed by atoms with Crippen LogP contribution in [0.1, 0.15) is 20.7 Å². The number of amides is 2. The van der Waals surface area contributed by atoms with Crippen molar-refractivity contribution in [1.29, 1.82) is 0 Å². The number of methoxy groups -OCH3 is 1. The summed E-state index contributed by atoms with van der Waals surface area (Å²) in [6.07, 6.45) is 0. The average molecular weight is 330 g/mol. The Hall–Kier alpha value is -3.42. The minimum absolute atomic E-state index is 0.00165. The van der Waals surface area contributed by atoms with E-state index in [0.29, 0.717) is 22.8 Å². The Labute approximate surface area is 136 Å². The molecule has 0 spiro atoms. The van der Waals surface area contributed by atoms with E-state index in [1.807, 2.05) is 0 Å². The second-order valence-electron chi connectivity index (χ2n) is 4.86. The molecule has 3 N–H and O–H groups in total. The lowest BCUT2D eigenvalue weighted by Crippen LogP contribution is -2.41. The summed E-state index contributed by atoms with van der Waals surface area (Å²) in [5.41, 5.74) is 4.79. The van der Waals surface area contributed by atoms with Gasteiger partial charge >= 0.3 is 0 Å². The molecule has 0 atom stereocenters. The van der Waals surface area contributed by atoms with Crippen molar-refractivity contribution in [1.82, 2.24) is 10.9 Å². The van der Waals surface area contributed by atoms with Gasteiger partial charge < -0.3 is 19.3 Å². The predicted octanol–water partition coefficient (Wildman–Crippen LogP) is 1.20. The monoisotopic (exact) mass is 330 g/mol. The van der Waals surface area contributed by atoms with Crippen LogP contribution in [0, 0.1) is 0 Å². The zero-order valence-electron chi connectivity index (χ0n) is 12.7. The van der Waals surface area contributed by atoms with Gasteiger partial charge in [0.15, 0.2) is 11.5 Å². The highest BCUT2D eigenvalue weighted by molar-refractivity contribution is 6.00. The molecule has 0 unspecified atom stereocenters. The molecule has 0 fully saturated rings. The lowest BCUT2D eigenvalue weighted by Gasteiger charge is -2.09. The number of phenolic OH excluding ortho intramolecular Hbond substituents is 1. The molecule has 2 aromatic rings. The van der Waals surface area contributed by atoms with Crippen LogP contribution in [0.2, 0.25) is 0 Å². The standard InChI is InChI=1S/C16H14N2O6/c1-22-10-3-4-11(12(19)7-10)16(21)18-17-15(20)9-2-5-13-14(6-9)24-8-23-13/h2-7,19H,8H2,1H3,(H,17,20)(H,18,21). The topological polar surface area (TPSA) is 106 Å². The molecular weight excluding hydrogens is 316 g/mol. The number of fused-ring (bicyclic) bond motifs is 1. The number of hydrogen-bond donors (Lipinski definition) is 3. The zero-order valence-corrected chi connectivity index (χ0v) is 12.7. The minimum Gasteiger partial charge on any atom is -0.507 e. The lowest BCUT2D eigenvalue weighted by molar-refractivity contribution is 0.0845. The summed E-state index contributed by atoms with van der Waals surface area (Å²) in [6.45, 7) is 0.105. The van der Waals surface area contributed by atoms with Crippen LogP contribution in [-0.2, 0) is 0 Å². The van der Waals surface area contributed by atoms with Gasteiger partial charge in [0.2, 0.25) is 6.79 Å². The lowest BCUT2D eigenvalue weighted by atomic mass is 10.2. The molecule has 1 aliphatic rings. The Balaban J connectivity index is 1.64. The van der Waals surface area contributed by atoms with Gasteiger partial charge in [0.25, 0.3) is 11.8 Å². The first-order valence-electron chi connectivity index (χ1n) is 6.96. The van der Waals surface area contributed by atoms with Crippen LogP contribution in [0.25, 0.3) is 0 Å². The second kappa shape index (κ2) is 6.37. The van der Waals surface area contributed by atoms with Crippen molar-refractivity contribution in [3.63, 3.8) is 0 Å². The van der Waals surface area contributed by atoms with E-state index in [1.165, 1.54) is 31.4 Å². The number of phenols is 1. The van der Waals surface area contributed by atoms with E-state index < -0.39 is 11.8 Å². The van der Waals surface area contributed by atoms with Gasteiger partial charge in [0.1, 0.15) is 11.5 Å². The van der Waals surface area contributed by atoms with Crippen LogP contribution >= 0.6 is 0 Å². The average Bonchev–Trinajstić information content (AvgIpc) is 3.06. The van der Waals surface area contributed by atoms with Gasteiger partial charge in [0, 0.05) is 11.6 Å². The Morgan fingerprint density at radius 1 is 1.04 bits per heavy atom. The van der Waals surface area contributed by atoms with Crippen molar-refractivity contribution in [2.75, 3.05) is 13.9 Å². The summed E-state index contributed by atoms with van der Waals surface area (Å²) in [4.78, 5) is 24.1. The smallest absolute Gasteiger partial charge is 0.273 e. The number of carbonyl (C=O) groups excluding carboxylic acids is 2. The maximum atomic E-state index is 12.1.